The van der Waals surface area contributed by atoms with Gasteiger partial charge >= 0.3 is 5.97 Å². The highest BCUT2D eigenvalue weighted by Gasteiger charge is 2.24. The van der Waals surface area contributed by atoms with Gasteiger partial charge in [0.15, 0.2) is 17.4 Å². The van der Waals surface area contributed by atoms with E-state index in [2.05, 4.69) is 15.5 Å². The summed E-state index contributed by atoms with van der Waals surface area (Å²) in [6.45, 7) is -1.62. The lowest BCUT2D eigenvalue weighted by atomic mass is 10.1. The van der Waals surface area contributed by atoms with E-state index in [0.29, 0.717) is 3.57 Å². The largest absolute Gasteiger partial charge is 0.465 e. The Morgan fingerprint density at radius 1 is 1.17 bits per heavy atom. The second-order valence-corrected chi connectivity index (χ2v) is 6.88. The number of nitrogens with one attached hydrogen (secondary N) is 2. The van der Waals surface area contributed by atoms with E-state index in [0.717, 1.165) is 13.2 Å². The molecule has 11 heteroatoms. The molecule has 0 unspecified atom stereocenters. The van der Waals surface area contributed by atoms with Crippen molar-refractivity contribution in [2.75, 3.05) is 25.6 Å². The minimum absolute atomic E-state index is 0.161. The molecule has 0 bridgehead atoms. The third-order valence-corrected chi connectivity index (χ3v) is 4.32. The summed E-state index contributed by atoms with van der Waals surface area (Å²) < 4.78 is 48.4. The van der Waals surface area contributed by atoms with Crippen molar-refractivity contribution in [2.45, 2.75) is 6.54 Å². The number of aliphatic hydroxyl groups excluding tert-OH is 1. The smallest absolute Gasteiger partial charge is 0.340 e. The van der Waals surface area contributed by atoms with E-state index in [1.165, 1.54) is 12.1 Å². The number of anilines is 2. The maximum Gasteiger partial charge on any atom is 0.340 e. The van der Waals surface area contributed by atoms with Crippen molar-refractivity contribution < 1.29 is 37.4 Å². The standard InChI is InChI=1S/C18H16F3IN2O5/c1-28-18(27)12-4-9(6-23-29-8-11(26)7-25)15(20)16(21)17(12)24-14-3-2-10(22)5-13(14)19/h2-5,23-25H,6-8H2,1H3. The molecule has 29 heavy (non-hydrogen) atoms. The first-order valence-corrected chi connectivity index (χ1v) is 9.14. The van der Waals surface area contributed by atoms with E-state index in [-0.39, 0.29) is 16.8 Å². The SMILES string of the molecule is COC(=O)c1cc(CNOCC(=O)CO)c(F)c(F)c1Nc1ccc(I)cc1F. The molecule has 2 rings (SSSR count). The number of hydrogen-bond donors (Lipinski definition) is 3. The van der Waals surface area contributed by atoms with Crippen molar-refractivity contribution in [3.8, 4) is 0 Å². The molecule has 0 saturated heterocycles. The number of benzene rings is 2. The molecule has 0 aromatic heterocycles. The Bertz CT molecular complexity index is 927. The quantitative estimate of drug-likeness (QED) is 0.201. The van der Waals surface area contributed by atoms with Gasteiger partial charge in [-0.05, 0) is 46.9 Å². The number of hydrogen-bond acceptors (Lipinski definition) is 7. The average molecular weight is 524 g/mol. The molecule has 0 heterocycles. The molecule has 2 aromatic rings. The second kappa shape index (κ2) is 10.5. The normalized spacial score (nSPS) is 10.7. The van der Waals surface area contributed by atoms with E-state index < -0.39 is 54.7 Å². The predicted octanol–water partition coefficient (Wildman–Crippen LogP) is 2.82. The van der Waals surface area contributed by atoms with Crippen LogP contribution in [0.15, 0.2) is 24.3 Å². The first kappa shape index (κ1) is 23.1. The van der Waals surface area contributed by atoms with Gasteiger partial charge in [-0.15, -0.1) is 0 Å². The fraction of sp³-hybridized carbons (Fsp3) is 0.222. The zero-order valence-corrected chi connectivity index (χ0v) is 17.2. The van der Waals surface area contributed by atoms with Gasteiger partial charge in [0, 0.05) is 15.7 Å². The molecular formula is C18H16F3IN2O5. The zero-order chi connectivity index (χ0) is 21.6. The van der Waals surface area contributed by atoms with Crippen LogP contribution in [0.3, 0.4) is 0 Å². The van der Waals surface area contributed by atoms with Gasteiger partial charge in [-0.2, -0.15) is 5.48 Å². The maximum absolute atomic E-state index is 14.7. The molecule has 0 spiro atoms. The van der Waals surface area contributed by atoms with Crippen LogP contribution in [-0.2, 0) is 20.9 Å². The van der Waals surface area contributed by atoms with Crippen LogP contribution < -0.4 is 10.8 Å². The topological polar surface area (TPSA) is 96.9 Å². The van der Waals surface area contributed by atoms with Crippen molar-refractivity contribution >= 4 is 45.7 Å². The monoisotopic (exact) mass is 524 g/mol. The second-order valence-electron chi connectivity index (χ2n) is 5.63. The summed E-state index contributed by atoms with van der Waals surface area (Å²) in [6.07, 6.45) is 0. The van der Waals surface area contributed by atoms with Gasteiger partial charge in [0.05, 0.1) is 24.0 Å². The Morgan fingerprint density at radius 3 is 2.52 bits per heavy atom. The fourth-order valence-electron chi connectivity index (χ4n) is 2.23. The van der Waals surface area contributed by atoms with E-state index in [4.69, 9.17) is 9.94 Å². The fourth-order valence-corrected chi connectivity index (χ4v) is 2.69. The number of hydroxylamine groups is 1. The van der Waals surface area contributed by atoms with Crippen molar-refractivity contribution in [3.05, 3.63) is 56.4 Å². The minimum atomic E-state index is -1.42. The third kappa shape index (κ3) is 5.88. The molecule has 7 nitrogen and oxygen atoms in total. The molecule has 0 aliphatic carbocycles. The van der Waals surface area contributed by atoms with E-state index in [1.54, 1.807) is 6.07 Å². The average Bonchev–Trinajstić information content (AvgIpc) is 2.70. The Labute approximate surface area is 177 Å². The zero-order valence-electron chi connectivity index (χ0n) is 15.0. The van der Waals surface area contributed by atoms with Crippen LogP contribution in [0.4, 0.5) is 24.5 Å². The first-order valence-electron chi connectivity index (χ1n) is 8.07. The molecule has 156 valence electrons. The lowest BCUT2D eigenvalue weighted by molar-refractivity contribution is -0.129. The summed E-state index contributed by atoms with van der Waals surface area (Å²) in [7, 11) is 1.06. The summed E-state index contributed by atoms with van der Waals surface area (Å²) >= 11 is 1.89. The van der Waals surface area contributed by atoms with Gasteiger partial charge in [0.25, 0.3) is 0 Å². The van der Waals surface area contributed by atoms with Crippen molar-refractivity contribution in [3.63, 3.8) is 0 Å². The highest BCUT2D eigenvalue weighted by atomic mass is 127. The summed E-state index contributed by atoms with van der Waals surface area (Å²) in [5.41, 5.74) is 0.816. The van der Waals surface area contributed by atoms with Crippen LogP contribution >= 0.6 is 22.6 Å². The summed E-state index contributed by atoms with van der Waals surface area (Å²) in [5, 5.41) is 11.0. The van der Waals surface area contributed by atoms with E-state index in [1.807, 2.05) is 22.6 Å². The lowest BCUT2D eigenvalue weighted by Crippen LogP contribution is -2.22. The number of ether oxygens (including phenoxy) is 1. The third-order valence-electron chi connectivity index (χ3n) is 3.65. The lowest BCUT2D eigenvalue weighted by Gasteiger charge is -2.16. The minimum Gasteiger partial charge on any atom is -0.465 e. The van der Waals surface area contributed by atoms with Gasteiger partial charge in [0.2, 0.25) is 0 Å². The maximum atomic E-state index is 14.7. The molecule has 0 fully saturated rings. The van der Waals surface area contributed by atoms with Gasteiger partial charge in [-0.3, -0.25) is 9.63 Å². The van der Waals surface area contributed by atoms with Crippen molar-refractivity contribution in [1.29, 1.82) is 0 Å². The number of carbonyl (C=O) groups excluding carboxylic acids is 2. The molecule has 0 aliphatic rings. The Morgan fingerprint density at radius 2 is 1.90 bits per heavy atom. The van der Waals surface area contributed by atoms with Crippen molar-refractivity contribution in [2.24, 2.45) is 0 Å². The Hall–Kier alpha value is -2.22. The number of carbonyl (C=O) groups is 2. The van der Waals surface area contributed by atoms with Gasteiger partial charge in [-0.1, -0.05) is 0 Å². The highest BCUT2D eigenvalue weighted by molar-refractivity contribution is 14.1. The summed E-state index contributed by atoms with van der Waals surface area (Å²) in [5.74, 6) is -5.06. The number of ketones is 1. The molecule has 0 radical (unpaired) electrons. The van der Waals surface area contributed by atoms with E-state index in [9.17, 15) is 22.8 Å². The van der Waals surface area contributed by atoms with Crippen LogP contribution in [0.1, 0.15) is 15.9 Å². The molecular weight excluding hydrogens is 508 g/mol. The van der Waals surface area contributed by atoms with Crippen molar-refractivity contribution in [1.82, 2.24) is 5.48 Å². The number of halogens is 4. The number of esters is 1. The summed E-state index contributed by atoms with van der Waals surface area (Å²) in [4.78, 5) is 27.7. The molecule has 0 saturated carbocycles. The molecule has 3 N–H and O–H groups in total. The molecule has 0 atom stereocenters. The number of Topliss-reactive ketones (excluding diaryl/α,β-unsaturated/α-hetero) is 1. The number of methoxy groups -OCH3 is 1. The Kier molecular flexibility index (Phi) is 8.37. The Balaban J connectivity index is 2.34. The van der Waals surface area contributed by atoms with Crippen LogP contribution in [0.2, 0.25) is 0 Å². The first-order chi connectivity index (χ1) is 13.8. The van der Waals surface area contributed by atoms with Crippen LogP contribution in [0.25, 0.3) is 0 Å². The van der Waals surface area contributed by atoms with Gasteiger partial charge < -0.3 is 15.2 Å². The van der Waals surface area contributed by atoms with Crippen LogP contribution in [-0.4, -0.2) is 37.2 Å². The van der Waals surface area contributed by atoms with Crippen LogP contribution in [0.5, 0.6) is 0 Å². The number of rotatable bonds is 9. The highest BCUT2D eigenvalue weighted by Crippen LogP contribution is 2.31. The molecule has 0 amide bonds. The molecule has 2 aromatic carbocycles. The van der Waals surface area contributed by atoms with Crippen LogP contribution in [0, 0.1) is 21.0 Å². The summed E-state index contributed by atoms with van der Waals surface area (Å²) in [6, 6.07) is 5.05. The van der Waals surface area contributed by atoms with Gasteiger partial charge in [0.1, 0.15) is 19.0 Å². The molecule has 0 aliphatic heterocycles. The van der Waals surface area contributed by atoms with E-state index >= 15 is 0 Å². The van der Waals surface area contributed by atoms with Gasteiger partial charge in [-0.25, -0.2) is 18.0 Å². The predicted molar refractivity (Wildman–Crippen MR) is 105 cm³/mol. The number of aliphatic hydroxyl groups is 1.